The number of aliphatic hydroxyl groups is 2. The van der Waals surface area contributed by atoms with Gasteiger partial charge in [0.2, 0.25) is 0 Å². The Kier molecular flexibility index (Phi) is 14.3. The molecular weight excluding hydrogens is 452 g/mol. The van der Waals surface area contributed by atoms with E-state index in [1.807, 2.05) is 65.0 Å². The predicted molar refractivity (Wildman–Crippen MR) is 147 cm³/mol. The number of carbonyl (C=O) groups is 2. The molecule has 2 N–H and O–H groups in total. The summed E-state index contributed by atoms with van der Waals surface area (Å²) in [5, 5.41) is 19.7. The van der Waals surface area contributed by atoms with Gasteiger partial charge in [-0.3, -0.25) is 4.79 Å². The maximum absolute atomic E-state index is 12.9. The zero-order valence-electron chi connectivity index (χ0n) is 23.1. The van der Waals surface area contributed by atoms with Crippen molar-refractivity contribution in [2.45, 2.75) is 79.9 Å². The standard InChI is InChI=1S/C31H46O5/c1-21(18-23(3)14-15-28-12-9-13-29(33)36-28)10-8-11-22(2)19-25(5)30(34)27(7)31(35)26(6)20-24(4)16-17-32/h8-9,11,13-16,18-19,21,25-28,31-32,35H,10,12,17,20H2,1-7H3/b11-8+,15-14+,22-19+,23-18-,24-16+. The van der Waals surface area contributed by atoms with Crippen molar-refractivity contribution in [3.63, 3.8) is 0 Å². The number of ketones is 1. The van der Waals surface area contributed by atoms with Gasteiger partial charge in [-0.25, -0.2) is 4.79 Å². The Morgan fingerprint density at radius 3 is 2.42 bits per heavy atom. The molecule has 0 saturated heterocycles. The summed E-state index contributed by atoms with van der Waals surface area (Å²) in [4.78, 5) is 24.2. The highest BCUT2D eigenvalue weighted by molar-refractivity contribution is 5.85. The molecular formula is C31H46O5. The third kappa shape index (κ3) is 12.0. The minimum atomic E-state index is -0.724. The number of aliphatic hydroxyl groups excluding tert-OH is 2. The Labute approximate surface area is 218 Å². The molecule has 1 rings (SSSR count). The largest absolute Gasteiger partial charge is 0.455 e. The molecule has 1 heterocycles. The Morgan fingerprint density at radius 2 is 1.78 bits per heavy atom. The van der Waals surface area contributed by atoms with E-state index in [0.717, 1.165) is 23.1 Å². The zero-order valence-corrected chi connectivity index (χ0v) is 23.1. The summed E-state index contributed by atoms with van der Waals surface area (Å²) >= 11 is 0. The molecule has 0 aromatic carbocycles. The summed E-state index contributed by atoms with van der Waals surface area (Å²) in [6.07, 6.45) is 18.6. The first-order valence-corrected chi connectivity index (χ1v) is 13.0. The number of cyclic esters (lactones) is 1. The van der Waals surface area contributed by atoms with E-state index in [9.17, 15) is 14.7 Å². The fraction of sp³-hybridized carbons (Fsp3) is 0.548. The molecule has 6 unspecified atom stereocenters. The van der Waals surface area contributed by atoms with Crippen LogP contribution >= 0.6 is 0 Å². The summed E-state index contributed by atoms with van der Waals surface area (Å²) < 4.78 is 5.24. The summed E-state index contributed by atoms with van der Waals surface area (Å²) in [6.45, 7) is 13.7. The maximum atomic E-state index is 12.9. The van der Waals surface area contributed by atoms with Gasteiger partial charge in [0.1, 0.15) is 11.9 Å². The van der Waals surface area contributed by atoms with Crippen LogP contribution in [-0.4, -0.2) is 40.8 Å². The summed E-state index contributed by atoms with van der Waals surface area (Å²) in [7, 11) is 0. The number of hydrogen-bond donors (Lipinski definition) is 2. The van der Waals surface area contributed by atoms with Gasteiger partial charge >= 0.3 is 5.97 Å². The molecule has 0 radical (unpaired) electrons. The van der Waals surface area contributed by atoms with E-state index in [4.69, 9.17) is 9.84 Å². The third-order valence-corrected chi connectivity index (χ3v) is 6.49. The fourth-order valence-electron chi connectivity index (χ4n) is 4.43. The minimum absolute atomic E-state index is 0.0134. The van der Waals surface area contributed by atoms with Gasteiger partial charge in [0.15, 0.2) is 0 Å². The van der Waals surface area contributed by atoms with E-state index in [-0.39, 0.29) is 36.3 Å². The Hall–Kier alpha value is -2.50. The second kappa shape index (κ2) is 16.3. The van der Waals surface area contributed by atoms with E-state index in [0.29, 0.717) is 18.8 Å². The molecule has 5 heteroatoms. The lowest BCUT2D eigenvalue weighted by Crippen LogP contribution is -2.34. The lowest BCUT2D eigenvalue weighted by molar-refractivity contribution is -0.141. The SMILES string of the molecule is CC(=C/C(C)C/C=C/C(C)=C/C(C)C(=O)C(C)C(O)C(C)C/C(C)=C/CO)/C=C/C1CC=CC(=O)O1. The van der Waals surface area contributed by atoms with Gasteiger partial charge in [-0.15, -0.1) is 0 Å². The molecule has 0 amide bonds. The maximum Gasteiger partial charge on any atom is 0.331 e. The lowest BCUT2D eigenvalue weighted by atomic mass is 9.83. The predicted octanol–water partition coefficient (Wildman–Crippen LogP) is 6.06. The Balaban J connectivity index is 2.59. The van der Waals surface area contributed by atoms with Crippen LogP contribution in [0.15, 0.2) is 71.4 Å². The van der Waals surface area contributed by atoms with Gasteiger partial charge in [-0.1, -0.05) is 86.9 Å². The average molecular weight is 499 g/mol. The lowest BCUT2D eigenvalue weighted by Gasteiger charge is -2.25. The highest BCUT2D eigenvalue weighted by Crippen LogP contribution is 2.24. The highest BCUT2D eigenvalue weighted by atomic mass is 16.5. The smallest absolute Gasteiger partial charge is 0.331 e. The first kappa shape index (κ1) is 31.5. The van der Waals surface area contributed by atoms with Crippen LogP contribution in [0.3, 0.4) is 0 Å². The van der Waals surface area contributed by atoms with Gasteiger partial charge < -0.3 is 14.9 Å². The van der Waals surface area contributed by atoms with Gasteiger partial charge in [-0.2, -0.15) is 0 Å². The normalized spacial score (nSPS) is 22.0. The summed E-state index contributed by atoms with van der Waals surface area (Å²) in [6, 6.07) is 0. The number of rotatable bonds is 14. The van der Waals surface area contributed by atoms with E-state index in [2.05, 4.69) is 19.1 Å². The van der Waals surface area contributed by atoms with E-state index < -0.39 is 12.0 Å². The van der Waals surface area contributed by atoms with Crippen molar-refractivity contribution in [1.29, 1.82) is 0 Å². The number of carbonyl (C=O) groups excluding carboxylic acids is 2. The minimum Gasteiger partial charge on any atom is -0.455 e. The molecule has 0 aliphatic carbocycles. The number of Topliss-reactive ketones (excluding diaryl/α,β-unsaturated/α-hetero) is 1. The van der Waals surface area contributed by atoms with Crippen LogP contribution in [0.4, 0.5) is 0 Å². The topological polar surface area (TPSA) is 83.8 Å². The molecule has 6 atom stereocenters. The average Bonchev–Trinajstić information content (AvgIpc) is 2.81. The van der Waals surface area contributed by atoms with Crippen molar-refractivity contribution in [2.75, 3.05) is 6.61 Å². The van der Waals surface area contributed by atoms with Crippen molar-refractivity contribution in [3.05, 3.63) is 71.4 Å². The molecule has 0 spiro atoms. The third-order valence-electron chi connectivity index (χ3n) is 6.49. The van der Waals surface area contributed by atoms with Crippen LogP contribution in [0.2, 0.25) is 0 Å². The molecule has 200 valence electrons. The molecule has 36 heavy (non-hydrogen) atoms. The number of esters is 1. The van der Waals surface area contributed by atoms with Crippen molar-refractivity contribution in [3.8, 4) is 0 Å². The molecule has 1 aliphatic rings. The second-order valence-electron chi connectivity index (χ2n) is 10.3. The van der Waals surface area contributed by atoms with Crippen LogP contribution in [0.1, 0.15) is 67.7 Å². The summed E-state index contributed by atoms with van der Waals surface area (Å²) in [5.41, 5.74) is 3.16. The Bertz CT molecular complexity index is 902. The van der Waals surface area contributed by atoms with Gasteiger partial charge in [0.05, 0.1) is 12.7 Å². The molecule has 5 nitrogen and oxygen atoms in total. The number of hydrogen-bond acceptors (Lipinski definition) is 5. The highest BCUT2D eigenvalue weighted by Gasteiger charge is 2.29. The van der Waals surface area contributed by atoms with Crippen LogP contribution < -0.4 is 0 Å². The molecule has 0 saturated carbocycles. The molecule has 1 aliphatic heterocycles. The van der Waals surface area contributed by atoms with Gasteiger partial charge in [0.25, 0.3) is 0 Å². The van der Waals surface area contributed by atoms with Crippen molar-refractivity contribution in [1.82, 2.24) is 0 Å². The quantitative estimate of drug-likeness (QED) is 0.173. The Morgan fingerprint density at radius 1 is 1.11 bits per heavy atom. The van der Waals surface area contributed by atoms with Crippen molar-refractivity contribution in [2.24, 2.45) is 23.7 Å². The van der Waals surface area contributed by atoms with E-state index >= 15 is 0 Å². The first-order valence-electron chi connectivity index (χ1n) is 13.0. The van der Waals surface area contributed by atoms with E-state index in [1.54, 1.807) is 13.0 Å². The monoisotopic (exact) mass is 498 g/mol. The molecule has 0 fully saturated rings. The molecule has 0 bridgehead atoms. The van der Waals surface area contributed by atoms with Gasteiger partial charge in [0, 0.05) is 24.3 Å². The zero-order chi connectivity index (χ0) is 27.3. The molecule has 0 aromatic rings. The van der Waals surface area contributed by atoms with Crippen LogP contribution in [0, 0.1) is 23.7 Å². The fourth-order valence-corrected chi connectivity index (χ4v) is 4.43. The van der Waals surface area contributed by atoms with E-state index in [1.165, 1.54) is 6.08 Å². The molecule has 0 aromatic heterocycles. The second-order valence-corrected chi connectivity index (χ2v) is 10.3. The number of ether oxygens (including phenoxy) is 1. The van der Waals surface area contributed by atoms with Crippen LogP contribution in [0.5, 0.6) is 0 Å². The first-order chi connectivity index (χ1) is 16.9. The summed E-state index contributed by atoms with van der Waals surface area (Å²) in [5.74, 6) is -0.729. The van der Waals surface area contributed by atoms with Crippen LogP contribution in [-0.2, 0) is 14.3 Å². The number of allylic oxidation sites excluding steroid dienone is 8. The van der Waals surface area contributed by atoms with Gasteiger partial charge in [-0.05, 0) is 51.5 Å². The van der Waals surface area contributed by atoms with Crippen molar-refractivity contribution >= 4 is 11.8 Å². The van der Waals surface area contributed by atoms with Crippen molar-refractivity contribution < 1.29 is 24.5 Å². The van der Waals surface area contributed by atoms with Crippen LogP contribution in [0.25, 0.3) is 0 Å².